The van der Waals surface area contributed by atoms with Gasteiger partial charge in [-0.2, -0.15) is 0 Å². The number of hydrogen-bond acceptors (Lipinski definition) is 3. The summed E-state index contributed by atoms with van der Waals surface area (Å²) >= 11 is 0. The van der Waals surface area contributed by atoms with Crippen LogP contribution in [0.25, 0.3) is 0 Å². The lowest BCUT2D eigenvalue weighted by Crippen LogP contribution is -2.31. The summed E-state index contributed by atoms with van der Waals surface area (Å²) in [6.07, 6.45) is 2.65. The summed E-state index contributed by atoms with van der Waals surface area (Å²) in [6, 6.07) is 4.88. The maximum atomic E-state index is 13.3. The summed E-state index contributed by atoms with van der Waals surface area (Å²) in [4.78, 5) is 4.73. The van der Waals surface area contributed by atoms with Crippen molar-refractivity contribution in [3.05, 3.63) is 35.1 Å². The zero-order chi connectivity index (χ0) is 13.7. The highest BCUT2D eigenvalue weighted by molar-refractivity contribution is 5.27. The molecule has 0 spiro atoms. The highest BCUT2D eigenvalue weighted by Crippen LogP contribution is 2.13. The standard InChI is InChI=1S/C15H24FN3/c1-18(8-9-19-6-2-3-7-19)12-14-10-15(16)5-4-13(14)11-17/h4-5,10H,2-3,6-9,11-12,17H2,1H3. The average Bonchev–Trinajstić information content (AvgIpc) is 2.90. The number of rotatable bonds is 6. The van der Waals surface area contributed by atoms with Gasteiger partial charge in [0.05, 0.1) is 0 Å². The molecule has 1 heterocycles. The lowest BCUT2D eigenvalue weighted by Gasteiger charge is -2.22. The van der Waals surface area contributed by atoms with Gasteiger partial charge in [0.1, 0.15) is 5.82 Å². The monoisotopic (exact) mass is 265 g/mol. The lowest BCUT2D eigenvalue weighted by molar-refractivity contribution is 0.252. The fourth-order valence-corrected chi connectivity index (χ4v) is 2.63. The van der Waals surface area contributed by atoms with Crippen LogP contribution >= 0.6 is 0 Å². The van der Waals surface area contributed by atoms with E-state index in [2.05, 4.69) is 16.8 Å². The van der Waals surface area contributed by atoms with E-state index in [1.54, 1.807) is 12.1 Å². The zero-order valence-corrected chi connectivity index (χ0v) is 11.7. The van der Waals surface area contributed by atoms with Crippen LogP contribution in [-0.4, -0.2) is 43.0 Å². The Balaban J connectivity index is 1.86. The first-order valence-corrected chi connectivity index (χ1v) is 7.07. The molecule has 0 bridgehead atoms. The molecule has 0 radical (unpaired) electrons. The topological polar surface area (TPSA) is 32.5 Å². The van der Waals surface area contributed by atoms with Gasteiger partial charge >= 0.3 is 0 Å². The van der Waals surface area contributed by atoms with Crippen molar-refractivity contribution in [3.63, 3.8) is 0 Å². The van der Waals surface area contributed by atoms with Crippen molar-refractivity contribution in [2.24, 2.45) is 5.73 Å². The van der Waals surface area contributed by atoms with Gasteiger partial charge in [0.2, 0.25) is 0 Å². The normalized spacial score (nSPS) is 16.4. The average molecular weight is 265 g/mol. The molecule has 2 rings (SSSR count). The fraction of sp³-hybridized carbons (Fsp3) is 0.600. The third-order valence-electron chi connectivity index (χ3n) is 3.83. The summed E-state index contributed by atoms with van der Waals surface area (Å²) in [5.41, 5.74) is 7.74. The minimum Gasteiger partial charge on any atom is -0.326 e. The number of nitrogens with two attached hydrogens (primary N) is 1. The molecule has 0 saturated carbocycles. The van der Waals surface area contributed by atoms with E-state index < -0.39 is 0 Å². The highest BCUT2D eigenvalue weighted by Gasteiger charge is 2.12. The van der Waals surface area contributed by atoms with Crippen molar-refractivity contribution in [2.45, 2.75) is 25.9 Å². The van der Waals surface area contributed by atoms with Gasteiger partial charge in [0.15, 0.2) is 0 Å². The SMILES string of the molecule is CN(CCN1CCCC1)Cc1cc(F)ccc1CN. The molecule has 106 valence electrons. The van der Waals surface area contributed by atoms with E-state index in [1.807, 2.05) is 0 Å². The molecule has 1 fully saturated rings. The minimum atomic E-state index is -0.180. The number of hydrogen-bond donors (Lipinski definition) is 1. The molecule has 0 aromatic heterocycles. The van der Waals surface area contributed by atoms with Gasteiger partial charge in [-0.05, 0) is 56.2 Å². The van der Waals surface area contributed by atoms with E-state index in [0.29, 0.717) is 6.54 Å². The van der Waals surface area contributed by atoms with Gasteiger partial charge in [-0.25, -0.2) is 4.39 Å². The second-order valence-electron chi connectivity index (χ2n) is 5.40. The molecule has 19 heavy (non-hydrogen) atoms. The lowest BCUT2D eigenvalue weighted by atomic mass is 10.1. The third-order valence-corrected chi connectivity index (χ3v) is 3.83. The fourth-order valence-electron chi connectivity index (χ4n) is 2.63. The first kappa shape index (κ1) is 14.4. The Morgan fingerprint density at radius 3 is 2.68 bits per heavy atom. The zero-order valence-electron chi connectivity index (χ0n) is 11.7. The van der Waals surface area contributed by atoms with Crippen molar-refractivity contribution in [3.8, 4) is 0 Å². The van der Waals surface area contributed by atoms with Gasteiger partial charge < -0.3 is 15.5 Å². The van der Waals surface area contributed by atoms with Crippen LogP contribution in [-0.2, 0) is 13.1 Å². The van der Waals surface area contributed by atoms with E-state index >= 15 is 0 Å². The Morgan fingerprint density at radius 2 is 2.00 bits per heavy atom. The Labute approximate surface area is 115 Å². The second kappa shape index (κ2) is 6.98. The van der Waals surface area contributed by atoms with Crippen molar-refractivity contribution < 1.29 is 4.39 Å². The van der Waals surface area contributed by atoms with E-state index in [4.69, 9.17) is 5.73 Å². The van der Waals surface area contributed by atoms with Crippen LogP contribution in [0.1, 0.15) is 24.0 Å². The molecule has 4 heteroatoms. The van der Waals surface area contributed by atoms with Gasteiger partial charge in [-0.15, -0.1) is 0 Å². The van der Waals surface area contributed by atoms with Crippen LogP contribution in [0.15, 0.2) is 18.2 Å². The highest BCUT2D eigenvalue weighted by atomic mass is 19.1. The van der Waals surface area contributed by atoms with Crippen molar-refractivity contribution in [2.75, 3.05) is 33.2 Å². The predicted molar refractivity (Wildman–Crippen MR) is 76.3 cm³/mol. The molecule has 0 unspecified atom stereocenters. The third kappa shape index (κ3) is 4.27. The summed E-state index contributed by atoms with van der Waals surface area (Å²) in [5, 5.41) is 0. The maximum Gasteiger partial charge on any atom is 0.123 e. The van der Waals surface area contributed by atoms with Crippen molar-refractivity contribution in [1.29, 1.82) is 0 Å². The molecular weight excluding hydrogens is 241 g/mol. The largest absolute Gasteiger partial charge is 0.326 e. The van der Waals surface area contributed by atoms with Gasteiger partial charge in [0.25, 0.3) is 0 Å². The van der Waals surface area contributed by atoms with E-state index in [0.717, 1.165) is 30.8 Å². The molecular formula is C15H24FN3. The number of likely N-dealkylation sites (N-methyl/N-ethyl adjacent to an activating group) is 1. The Bertz CT molecular complexity index is 402. The van der Waals surface area contributed by atoms with E-state index in [9.17, 15) is 4.39 Å². The van der Waals surface area contributed by atoms with Gasteiger partial charge in [0, 0.05) is 26.2 Å². The second-order valence-corrected chi connectivity index (χ2v) is 5.40. The van der Waals surface area contributed by atoms with Crippen LogP contribution in [0.5, 0.6) is 0 Å². The quantitative estimate of drug-likeness (QED) is 0.851. The molecule has 1 aliphatic rings. The maximum absolute atomic E-state index is 13.3. The van der Waals surface area contributed by atoms with Crippen LogP contribution in [0.2, 0.25) is 0 Å². The van der Waals surface area contributed by atoms with Crippen molar-refractivity contribution >= 4 is 0 Å². The molecule has 0 amide bonds. The predicted octanol–water partition coefficient (Wildman–Crippen LogP) is 1.81. The molecule has 1 aromatic rings. The smallest absolute Gasteiger partial charge is 0.123 e. The molecule has 1 saturated heterocycles. The number of nitrogens with zero attached hydrogens (tertiary/aromatic N) is 2. The molecule has 1 aliphatic heterocycles. The number of likely N-dealkylation sites (tertiary alicyclic amines) is 1. The molecule has 0 atom stereocenters. The number of halogens is 1. The number of benzene rings is 1. The summed E-state index contributed by atoms with van der Waals surface area (Å²) in [7, 11) is 2.08. The minimum absolute atomic E-state index is 0.180. The van der Waals surface area contributed by atoms with Gasteiger partial charge in [-0.1, -0.05) is 6.07 Å². The van der Waals surface area contributed by atoms with Crippen LogP contribution < -0.4 is 5.73 Å². The van der Waals surface area contributed by atoms with Gasteiger partial charge in [-0.3, -0.25) is 0 Å². The van der Waals surface area contributed by atoms with E-state index in [-0.39, 0.29) is 5.82 Å². The molecule has 0 aliphatic carbocycles. The van der Waals surface area contributed by atoms with Crippen molar-refractivity contribution in [1.82, 2.24) is 9.80 Å². The molecule has 3 nitrogen and oxygen atoms in total. The van der Waals surface area contributed by atoms with Crippen LogP contribution in [0, 0.1) is 5.82 Å². The first-order valence-electron chi connectivity index (χ1n) is 7.07. The van der Waals surface area contributed by atoms with Crippen LogP contribution in [0.4, 0.5) is 4.39 Å². The summed E-state index contributed by atoms with van der Waals surface area (Å²) < 4.78 is 13.3. The first-order chi connectivity index (χ1) is 9.19. The Hall–Kier alpha value is -0.970. The Morgan fingerprint density at radius 1 is 1.26 bits per heavy atom. The molecule has 1 aromatic carbocycles. The Kier molecular flexibility index (Phi) is 5.31. The summed E-state index contributed by atoms with van der Waals surface area (Å²) in [5.74, 6) is -0.180. The molecule has 2 N–H and O–H groups in total. The summed E-state index contributed by atoms with van der Waals surface area (Å²) in [6.45, 7) is 5.79. The van der Waals surface area contributed by atoms with E-state index in [1.165, 1.54) is 32.0 Å². The van der Waals surface area contributed by atoms with Crippen LogP contribution in [0.3, 0.4) is 0 Å².